The fourth-order valence-electron chi connectivity index (χ4n) is 5.55. The van der Waals surface area contributed by atoms with Gasteiger partial charge in [-0.2, -0.15) is 4.98 Å². The standard InChI is InChI=1S/C31H28N4O4S/c1-3-26(37)33-20-10-9-19(16-20)17-25(36)29-28-27-24(13-14-32-30(27)40-29)35(31(38)34-28)23-12-11-22(15-18(23)2)39-21-7-5-4-6-8-21/h3-8,11-15,19-20,36H,1,9-10,16-17H2,2H3,(H,33,37)/t19-,20+/m0/s1. The fourth-order valence-corrected chi connectivity index (χ4v) is 6.60. The highest BCUT2D eigenvalue weighted by atomic mass is 32.1. The molecule has 0 bridgehead atoms. The number of aromatic nitrogens is 3. The number of aliphatic hydroxyl groups excluding tert-OH is 1. The van der Waals surface area contributed by atoms with Crippen molar-refractivity contribution in [1.29, 1.82) is 0 Å². The Hall–Kier alpha value is -4.50. The van der Waals surface area contributed by atoms with Crippen molar-refractivity contribution in [3.05, 3.63) is 94.0 Å². The Bertz CT molecular complexity index is 1860. The van der Waals surface area contributed by atoms with Crippen LogP contribution in [0.2, 0.25) is 0 Å². The average molecular weight is 553 g/mol. The molecule has 0 spiro atoms. The molecule has 1 aliphatic carbocycles. The summed E-state index contributed by atoms with van der Waals surface area (Å²) in [6, 6.07) is 17.0. The van der Waals surface area contributed by atoms with Gasteiger partial charge in [0.05, 0.1) is 21.1 Å². The lowest BCUT2D eigenvalue weighted by molar-refractivity contribution is -0.117. The number of aliphatic hydroxyl groups is 1. The van der Waals surface area contributed by atoms with Gasteiger partial charge in [0.2, 0.25) is 5.91 Å². The SMILES string of the molecule is C=CC(=O)N[C@@H]1CC[C@H](CC(O)=c2sc3nccc4c3c2nc(=O)n4-c2ccc(Oc3ccccc3)cc2C)C1. The third kappa shape index (κ3) is 4.84. The van der Waals surface area contributed by atoms with E-state index in [9.17, 15) is 14.7 Å². The molecule has 1 fully saturated rings. The summed E-state index contributed by atoms with van der Waals surface area (Å²) in [4.78, 5) is 34.8. The first-order valence-electron chi connectivity index (χ1n) is 13.2. The Morgan fingerprint density at radius 3 is 2.80 bits per heavy atom. The van der Waals surface area contributed by atoms with Gasteiger partial charge in [-0.15, -0.1) is 11.3 Å². The first-order valence-corrected chi connectivity index (χ1v) is 14.0. The van der Waals surface area contributed by atoms with Gasteiger partial charge in [0.1, 0.15) is 27.6 Å². The maximum atomic E-state index is 13.5. The first-order chi connectivity index (χ1) is 19.4. The van der Waals surface area contributed by atoms with E-state index in [4.69, 9.17) is 4.74 Å². The number of amides is 1. The van der Waals surface area contributed by atoms with Crippen molar-refractivity contribution in [2.24, 2.45) is 5.92 Å². The smallest absolute Gasteiger partial charge is 0.353 e. The van der Waals surface area contributed by atoms with Crippen molar-refractivity contribution in [2.75, 3.05) is 0 Å². The zero-order valence-corrected chi connectivity index (χ0v) is 22.8. The molecule has 0 aliphatic heterocycles. The van der Waals surface area contributed by atoms with E-state index >= 15 is 0 Å². The molecule has 0 saturated heterocycles. The van der Waals surface area contributed by atoms with Crippen LogP contribution in [-0.4, -0.2) is 31.6 Å². The predicted octanol–water partition coefficient (Wildman–Crippen LogP) is 5.34. The summed E-state index contributed by atoms with van der Waals surface area (Å²) in [6.45, 7) is 5.44. The Kier molecular flexibility index (Phi) is 6.81. The quantitative estimate of drug-likeness (QED) is 0.264. The molecule has 9 heteroatoms. The van der Waals surface area contributed by atoms with Crippen molar-refractivity contribution in [3.63, 3.8) is 0 Å². The van der Waals surface area contributed by atoms with Crippen LogP contribution in [0.5, 0.6) is 11.5 Å². The molecule has 1 amide bonds. The van der Waals surface area contributed by atoms with Crippen LogP contribution in [0.4, 0.5) is 0 Å². The molecule has 40 heavy (non-hydrogen) atoms. The van der Waals surface area contributed by atoms with E-state index in [0.29, 0.717) is 38.3 Å². The molecule has 1 saturated carbocycles. The van der Waals surface area contributed by atoms with Gasteiger partial charge in [0, 0.05) is 18.7 Å². The van der Waals surface area contributed by atoms with Crippen molar-refractivity contribution < 1.29 is 14.6 Å². The molecule has 2 atom stereocenters. The van der Waals surface area contributed by atoms with Gasteiger partial charge in [0.15, 0.2) is 0 Å². The topological polar surface area (TPSA) is 106 Å². The van der Waals surface area contributed by atoms with E-state index in [1.54, 1.807) is 10.8 Å². The van der Waals surface area contributed by atoms with Crippen LogP contribution in [0.25, 0.3) is 32.7 Å². The van der Waals surface area contributed by atoms with Gasteiger partial charge in [-0.3, -0.25) is 9.36 Å². The summed E-state index contributed by atoms with van der Waals surface area (Å²) in [5.41, 5.74) is 2.28. The third-order valence-corrected chi connectivity index (χ3v) is 8.53. The van der Waals surface area contributed by atoms with Crippen LogP contribution in [0.1, 0.15) is 31.2 Å². The Morgan fingerprint density at radius 2 is 2.02 bits per heavy atom. The molecule has 6 rings (SSSR count). The van der Waals surface area contributed by atoms with Crippen LogP contribution in [0.15, 0.2) is 78.2 Å². The number of hydrogen-bond acceptors (Lipinski definition) is 7. The number of hydrogen-bond donors (Lipinski definition) is 2. The molecule has 2 N–H and O–H groups in total. The van der Waals surface area contributed by atoms with Gasteiger partial charge in [-0.1, -0.05) is 24.8 Å². The van der Waals surface area contributed by atoms with Crippen LogP contribution >= 0.6 is 11.3 Å². The maximum absolute atomic E-state index is 13.5. The summed E-state index contributed by atoms with van der Waals surface area (Å²) in [6.07, 6.45) is 5.93. The number of aryl methyl sites for hydroxylation is 1. The minimum atomic E-state index is -0.430. The molecule has 1 aliphatic rings. The molecule has 8 nitrogen and oxygen atoms in total. The van der Waals surface area contributed by atoms with Crippen LogP contribution in [0.3, 0.4) is 0 Å². The predicted molar refractivity (Wildman–Crippen MR) is 157 cm³/mol. The van der Waals surface area contributed by atoms with E-state index in [2.05, 4.69) is 21.9 Å². The second kappa shape index (κ2) is 10.6. The number of nitrogens with zero attached hydrogens (tertiary/aromatic N) is 3. The minimum absolute atomic E-state index is 0.0740. The Balaban J connectivity index is 1.36. The monoisotopic (exact) mass is 552 g/mol. The molecule has 0 radical (unpaired) electrons. The minimum Gasteiger partial charge on any atom is -0.511 e. The number of benzene rings is 2. The zero-order valence-electron chi connectivity index (χ0n) is 22.0. The summed E-state index contributed by atoms with van der Waals surface area (Å²) in [7, 11) is 0. The lowest BCUT2D eigenvalue weighted by Crippen LogP contribution is -2.31. The lowest BCUT2D eigenvalue weighted by atomic mass is 10.0. The highest BCUT2D eigenvalue weighted by Crippen LogP contribution is 2.33. The molecule has 5 aromatic rings. The maximum Gasteiger partial charge on any atom is 0.353 e. The van der Waals surface area contributed by atoms with Gasteiger partial charge < -0.3 is 15.2 Å². The largest absolute Gasteiger partial charge is 0.511 e. The molecule has 3 aromatic heterocycles. The van der Waals surface area contributed by atoms with E-state index in [1.807, 2.05) is 61.5 Å². The van der Waals surface area contributed by atoms with Crippen molar-refractivity contribution >= 4 is 44.3 Å². The number of carbonyl (C=O) groups is 1. The number of carbonyl (C=O) groups excluding carboxylic acids is 1. The summed E-state index contributed by atoms with van der Waals surface area (Å²) in [5, 5.41) is 14.9. The second-order valence-corrected chi connectivity index (χ2v) is 11.1. The van der Waals surface area contributed by atoms with E-state index in [1.165, 1.54) is 17.4 Å². The number of rotatable bonds is 7. The number of nitrogens with one attached hydrogen (secondary N) is 1. The average Bonchev–Trinajstić information content (AvgIpc) is 3.55. The summed E-state index contributed by atoms with van der Waals surface area (Å²) in [5.74, 6) is 1.64. The molecule has 3 heterocycles. The summed E-state index contributed by atoms with van der Waals surface area (Å²) < 4.78 is 8.13. The van der Waals surface area contributed by atoms with Crippen LogP contribution < -0.4 is 20.3 Å². The van der Waals surface area contributed by atoms with E-state index in [0.717, 1.165) is 36.0 Å². The Morgan fingerprint density at radius 1 is 1.20 bits per heavy atom. The fraction of sp³-hybridized carbons (Fsp3) is 0.226. The summed E-state index contributed by atoms with van der Waals surface area (Å²) >= 11 is 1.34. The normalized spacial score (nSPS) is 17.7. The zero-order chi connectivity index (χ0) is 27.8. The van der Waals surface area contributed by atoms with E-state index in [-0.39, 0.29) is 23.6 Å². The Labute approximate surface area is 234 Å². The van der Waals surface area contributed by atoms with Crippen LogP contribution in [-0.2, 0) is 4.79 Å². The third-order valence-electron chi connectivity index (χ3n) is 7.39. The molecule has 2 aromatic carbocycles. The molecular formula is C31H28N4O4S. The molecule has 0 unspecified atom stereocenters. The number of para-hydroxylation sites is 1. The van der Waals surface area contributed by atoms with Crippen molar-refractivity contribution in [3.8, 4) is 17.2 Å². The second-order valence-electron chi connectivity index (χ2n) is 10.1. The van der Waals surface area contributed by atoms with Crippen molar-refractivity contribution in [2.45, 2.75) is 38.6 Å². The molecule has 202 valence electrons. The van der Waals surface area contributed by atoms with Gasteiger partial charge >= 0.3 is 5.69 Å². The van der Waals surface area contributed by atoms with Crippen LogP contribution in [0, 0.1) is 12.8 Å². The number of pyridine rings is 1. The number of ether oxygens (including phenoxy) is 1. The van der Waals surface area contributed by atoms with E-state index < -0.39 is 5.69 Å². The first kappa shape index (κ1) is 25.8. The highest BCUT2D eigenvalue weighted by molar-refractivity contribution is 7.17. The molecular weight excluding hydrogens is 524 g/mol. The lowest BCUT2D eigenvalue weighted by Gasteiger charge is -2.14. The van der Waals surface area contributed by atoms with Crippen molar-refractivity contribution in [1.82, 2.24) is 19.9 Å². The number of thiophene rings is 1. The van der Waals surface area contributed by atoms with Gasteiger partial charge in [-0.25, -0.2) is 9.78 Å². The van der Waals surface area contributed by atoms with Gasteiger partial charge in [-0.05, 0) is 80.1 Å². The van der Waals surface area contributed by atoms with Gasteiger partial charge in [0.25, 0.3) is 0 Å². The highest BCUT2D eigenvalue weighted by Gasteiger charge is 2.27.